The Morgan fingerprint density at radius 3 is 1.75 bits per heavy atom. The molecule has 16 nitrogen and oxygen atoms in total. The highest BCUT2D eigenvalue weighted by Crippen LogP contribution is 2.22. The van der Waals surface area contributed by atoms with Gasteiger partial charge in [0.1, 0.15) is 11.4 Å². The summed E-state index contributed by atoms with van der Waals surface area (Å²) in [6.07, 6.45) is 4.27. The summed E-state index contributed by atoms with van der Waals surface area (Å²) in [7, 11) is 0. The van der Waals surface area contributed by atoms with Crippen LogP contribution >= 0.6 is 0 Å². The number of nitrogens with two attached hydrogens (primary N) is 4. The average Bonchev–Trinajstić information content (AvgIpc) is 3.76. The summed E-state index contributed by atoms with van der Waals surface area (Å²) in [5, 5.41) is 15.3. The minimum absolute atomic E-state index is 0.221. The number of hydrogen-bond donors (Lipinski definition) is 11. The lowest BCUT2D eigenvalue weighted by atomic mass is 10.1. The Bertz CT molecular complexity index is 1820. The van der Waals surface area contributed by atoms with E-state index in [-0.39, 0.29) is 55.7 Å². The zero-order chi connectivity index (χ0) is 36.8. The number of rotatable bonds is 20. The lowest BCUT2D eigenvalue weighted by molar-refractivity contribution is -0.123. The highest BCUT2D eigenvalue weighted by molar-refractivity contribution is 6.08. The minimum Gasteiger partial charge on any atom is -0.353 e. The van der Waals surface area contributed by atoms with Crippen molar-refractivity contribution in [3.05, 3.63) is 65.5 Å². The third kappa shape index (κ3) is 11.4. The molecule has 2 atom stereocenters. The second-order valence-electron chi connectivity index (χ2n) is 12.3. The first-order valence-electron chi connectivity index (χ1n) is 17.2. The molecule has 0 aliphatic heterocycles. The average molecular weight is 704 g/mol. The Hall–Kier alpha value is -5.29. The van der Waals surface area contributed by atoms with Crippen molar-refractivity contribution in [2.45, 2.75) is 50.6 Å². The van der Waals surface area contributed by atoms with Crippen LogP contribution in [0.1, 0.15) is 69.9 Å². The van der Waals surface area contributed by atoms with Gasteiger partial charge in [0.15, 0.2) is 0 Å². The zero-order valence-electron chi connectivity index (χ0n) is 28.6. The second-order valence-corrected chi connectivity index (χ2v) is 12.3. The van der Waals surface area contributed by atoms with E-state index in [4.69, 9.17) is 22.9 Å². The van der Waals surface area contributed by atoms with Gasteiger partial charge in [-0.25, -0.2) is 0 Å². The van der Waals surface area contributed by atoms with Crippen LogP contribution in [0, 0.1) is 0 Å². The predicted molar refractivity (Wildman–Crippen MR) is 197 cm³/mol. The molecule has 0 spiro atoms. The fourth-order valence-electron chi connectivity index (χ4n) is 5.38. The predicted octanol–water partition coefficient (Wildman–Crippen LogP) is 0.506. The number of carbonyl (C=O) groups is 5. The number of anilines is 1. The molecule has 0 bridgehead atoms. The number of unbranched alkanes of at least 4 members (excludes halogenated alkanes) is 2. The van der Waals surface area contributed by atoms with Crippen molar-refractivity contribution >= 4 is 57.0 Å². The maximum absolute atomic E-state index is 13.1. The summed E-state index contributed by atoms with van der Waals surface area (Å²) >= 11 is 0. The maximum atomic E-state index is 13.1. The first-order valence-corrected chi connectivity index (χ1v) is 17.2. The quantitative estimate of drug-likeness (QED) is 0.0571. The molecule has 15 N–H and O–H groups in total. The van der Waals surface area contributed by atoms with Gasteiger partial charge < -0.3 is 59.5 Å². The SMILES string of the molecule is NCCCC[C@H](N)C(=O)NCCNC(=O)c1ccc2[nH]c(C(=O)Nc3ccc4cc(C(=O)NCCNC(=O)[C@@H](N)CCCCN)[nH]c4c3)cc2c1. The molecule has 2 aromatic heterocycles. The van der Waals surface area contributed by atoms with Crippen LogP contribution in [0.4, 0.5) is 5.69 Å². The number of fused-ring (bicyclic) bond motifs is 2. The molecule has 4 rings (SSSR count). The zero-order valence-corrected chi connectivity index (χ0v) is 28.6. The lowest BCUT2D eigenvalue weighted by Gasteiger charge is -2.12. The lowest BCUT2D eigenvalue weighted by Crippen LogP contribution is -2.43. The van der Waals surface area contributed by atoms with Gasteiger partial charge in [-0.1, -0.05) is 18.9 Å². The van der Waals surface area contributed by atoms with Crippen LogP contribution < -0.4 is 49.5 Å². The monoisotopic (exact) mass is 703 g/mol. The van der Waals surface area contributed by atoms with Crippen LogP contribution in [0.15, 0.2) is 48.5 Å². The summed E-state index contributed by atoms with van der Waals surface area (Å²) in [5.41, 5.74) is 25.6. The first-order chi connectivity index (χ1) is 24.6. The fourth-order valence-corrected chi connectivity index (χ4v) is 5.38. The van der Waals surface area contributed by atoms with Crippen molar-refractivity contribution < 1.29 is 24.0 Å². The van der Waals surface area contributed by atoms with Gasteiger partial charge in [0.25, 0.3) is 17.7 Å². The Kier molecular flexibility index (Phi) is 14.5. The Morgan fingerprint density at radius 2 is 1.12 bits per heavy atom. The number of hydrogen-bond acceptors (Lipinski definition) is 9. The smallest absolute Gasteiger partial charge is 0.272 e. The maximum Gasteiger partial charge on any atom is 0.272 e. The van der Waals surface area contributed by atoms with Crippen LogP contribution in [0.25, 0.3) is 21.8 Å². The van der Waals surface area contributed by atoms with Gasteiger partial charge in [0.05, 0.1) is 12.1 Å². The van der Waals surface area contributed by atoms with E-state index >= 15 is 0 Å². The Morgan fingerprint density at radius 1 is 0.569 bits per heavy atom. The van der Waals surface area contributed by atoms with Gasteiger partial charge in [0.2, 0.25) is 11.8 Å². The molecule has 4 aromatic rings. The largest absolute Gasteiger partial charge is 0.353 e. The van der Waals surface area contributed by atoms with Crippen LogP contribution in [-0.2, 0) is 9.59 Å². The molecule has 0 aliphatic carbocycles. The summed E-state index contributed by atoms with van der Waals surface area (Å²) in [4.78, 5) is 68.9. The number of H-pyrrole nitrogens is 2. The van der Waals surface area contributed by atoms with E-state index in [0.717, 1.165) is 31.1 Å². The van der Waals surface area contributed by atoms with Crippen LogP contribution in [0.2, 0.25) is 0 Å². The van der Waals surface area contributed by atoms with Gasteiger partial charge in [-0.3, -0.25) is 24.0 Å². The van der Waals surface area contributed by atoms with Crippen molar-refractivity contribution in [1.29, 1.82) is 0 Å². The molecule has 0 unspecified atom stereocenters. The van der Waals surface area contributed by atoms with E-state index in [1.807, 2.05) is 0 Å². The van der Waals surface area contributed by atoms with E-state index in [1.54, 1.807) is 48.5 Å². The highest BCUT2D eigenvalue weighted by Gasteiger charge is 2.16. The normalized spacial score (nSPS) is 12.3. The molecule has 5 amide bonds. The molecule has 0 saturated heterocycles. The van der Waals surface area contributed by atoms with E-state index in [2.05, 4.69) is 36.6 Å². The highest BCUT2D eigenvalue weighted by atomic mass is 16.2. The van der Waals surface area contributed by atoms with Gasteiger partial charge in [-0.05, 0) is 81.2 Å². The van der Waals surface area contributed by atoms with Crippen molar-refractivity contribution in [1.82, 2.24) is 31.2 Å². The molecule has 0 saturated carbocycles. The Labute approximate surface area is 295 Å². The third-order valence-corrected chi connectivity index (χ3v) is 8.28. The molecule has 51 heavy (non-hydrogen) atoms. The fraction of sp³-hybridized carbons (Fsp3) is 0.400. The van der Waals surface area contributed by atoms with E-state index < -0.39 is 12.1 Å². The number of carbonyl (C=O) groups excluding carboxylic acids is 5. The third-order valence-electron chi connectivity index (χ3n) is 8.28. The van der Waals surface area contributed by atoms with Crippen LogP contribution in [-0.4, -0.2) is 90.9 Å². The molecule has 274 valence electrons. The van der Waals surface area contributed by atoms with Crippen molar-refractivity contribution in [2.75, 3.05) is 44.6 Å². The van der Waals surface area contributed by atoms with E-state index in [0.29, 0.717) is 65.0 Å². The number of aromatic nitrogens is 2. The molecule has 0 radical (unpaired) electrons. The number of aromatic amines is 2. The first kappa shape index (κ1) is 38.5. The topological polar surface area (TPSA) is 281 Å². The van der Waals surface area contributed by atoms with Crippen molar-refractivity contribution in [2.24, 2.45) is 22.9 Å². The van der Waals surface area contributed by atoms with Gasteiger partial charge in [-0.2, -0.15) is 0 Å². The molecule has 2 heterocycles. The molecule has 16 heteroatoms. The van der Waals surface area contributed by atoms with Gasteiger partial charge in [-0.15, -0.1) is 0 Å². The molecular weight excluding hydrogens is 654 g/mol. The van der Waals surface area contributed by atoms with Gasteiger partial charge >= 0.3 is 0 Å². The van der Waals surface area contributed by atoms with E-state index in [1.165, 1.54) is 0 Å². The molecular formula is C35H49N11O5. The van der Waals surface area contributed by atoms with Gasteiger partial charge in [0, 0.05) is 59.2 Å². The number of amides is 5. The standard InChI is InChI=1S/C35H49N11O5/c36-11-3-1-5-25(38)32(48)41-14-13-40-31(47)22-8-10-27-23(17-22)19-30(45-27)35(51)44-24-9-7-21-18-29(46-28(21)20-24)34(50)43-16-15-42-33(49)26(39)6-2-4-12-37/h7-10,17-20,25-26,45-46H,1-6,11-16,36-39H2,(H,40,47)(H,41,48)(H,42,49)(H,43,50)(H,44,51)/t25-,26-/m0/s1. The number of nitrogens with one attached hydrogen (secondary N) is 7. The molecule has 2 aromatic carbocycles. The summed E-state index contributed by atoms with van der Waals surface area (Å²) in [6, 6.07) is 12.4. The van der Waals surface area contributed by atoms with Crippen LogP contribution in [0.5, 0.6) is 0 Å². The van der Waals surface area contributed by atoms with Crippen molar-refractivity contribution in [3.63, 3.8) is 0 Å². The molecule has 0 fully saturated rings. The summed E-state index contributed by atoms with van der Waals surface area (Å²) in [5.74, 6) is -1.59. The Balaban J connectivity index is 1.25. The summed E-state index contributed by atoms with van der Waals surface area (Å²) < 4.78 is 0. The van der Waals surface area contributed by atoms with E-state index in [9.17, 15) is 24.0 Å². The molecule has 0 aliphatic rings. The minimum atomic E-state index is -0.612. The summed E-state index contributed by atoms with van der Waals surface area (Å²) in [6.45, 7) is 2.03. The second kappa shape index (κ2) is 19.2. The number of benzene rings is 2. The van der Waals surface area contributed by atoms with Crippen LogP contribution in [0.3, 0.4) is 0 Å². The van der Waals surface area contributed by atoms with Crippen molar-refractivity contribution in [3.8, 4) is 0 Å².